The van der Waals surface area contributed by atoms with Crippen molar-refractivity contribution < 1.29 is 27.5 Å². The average molecular weight is 451 g/mol. The lowest BCUT2D eigenvalue weighted by atomic mass is 10.1. The zero-order valence-electron chi connectivity index (χ0n) is 18.4. The zero-order chi connectivity index (χ0) is 23.9. The summed E-state index contributed by atoms with van der Waals surface area (Å²) in [6.07, 6.45) is -4.36. The number of carbonyl (C=O) groups excluding carboxylic acids is 2. The van der Waals surface area contributed by atoms with E-state index in [9.17, 15) is 22.8 Å². The number of carbonyl (C=O) groups is 2. The van der Waals surface area contributed by atoms with Crippen LogP contribution >= 0.6 is 0 Å². The molecule has 9 heteroatoms. The van der Waals surface area contributed by atoms with E-state index in [0.29, 0.717) is 23.4 Å². The maximum atomic E-state index is 12.9. The number of hydrogen-bond donors (Lipinski definition) is 1. The summed E-state index contributed by atoms with van der Waals surface area (Å²) in [5.41, 5.74) is 7.95. The van der Waals surface area contributed by atoms with E-state index < -0.39 is 18.7 Å². The van der Waals surface area contributed by atoms with Crippen LogP contribution in [-0.4, -0.2) is 49.6 Å². The third-order valence-corrected chi connectivity index (χ3v) is 4.71. The van der Waals surface area contributed by atoms with Gasteiger partial charge < -0.3 is 15.4 Å². The van der Waals surface area contributed by atoms with E-state index in [1.807, 2.05) is 6.07 Å². The molecule has 0 fully saturated rings. The van der Waals surface area contributed by atoms with Crippen LogP contribution in [0.15, 0.2) is 42.5 Å². The smallest absolute Gasteiger partial charge is 0.422 e. The van der Waals surface area contributed by atoms with Crippen molar-refractivity contribution in [3.8, 4) is 5.75 Å². The molecular formula is C23H28F3N3O3. The maximum absolute atomic E-state index is 12.9. The number of alkyl halides is 3. The molecule has 0 heterocycles. The summed E-state index contributed by atoms with van der Waals surface area (Å²) in [6, 6.07) is 12.5. The Morgan fingerprint density at radius 3 is 2.19 bits per heavy atom. The Hall–Kier alpha value is -3.07. The van der Waals surface area contributed by atoms with E-state index in [2.05, 4.69) is 0 Å². The second-order valence-corrected chi connectivity index (χ2v) is 7.73. The lowest BCUT2D eigenvalue weighted by molar-refractivity contribution is -0.153. The van der Waals surface area contributed by atoms with Crippen molar-refractivity contribution in [1.29, 1.82) is 0 Å². The van der Waals surface area contributed by atoms with Gasteiger partial charge >= 0.3 is 6.18 Å². The summed E-state index contributed by atoms with van der Waals surface area (Å²) in [5, 5.41) is 0. The van der Waals surface area contributed by atoms with E-state index >= 15 is 0 Å². The number of primary amides is 1. The Labute approximate surface area is 185 Å². The monoisotopic (exact) mass is 451 g/mol. The molecule has 0 radical (unpaired) electrons. The highest BCUT2D eigenvalue weighted by Gasteiger charge is 2.29. The predicted molar refractivity (Wildman–Crippen MR) is 116 cm³/mol. The minimum atomic E-state index is -4.41. The molecule has 2 rings (SSSR count). The summed E-state index contributed by atoms with van der Waals surface area (Å²) in [5.74, 6) is -0.476. The fraction of sp³-hybridized carbons (Fsp3) is 0.391. The molecule has 0 unspecified atom stereocenters. The van der Waals surface area contributed by atoms with Crippen LogP contribution in [0.25, 0.3) is 0 Å². The number of hydrogen-bond acceptors (Lipinski definition) is 4. The van der Waals surface area contributed by atoms with Crippen LogP contribution in [0.1, 0.15) is 23.1 Å². The molecule has 0 spiro atoms. The van der Waals surface area contributed by atoms with Gasteiger partial charge in [0.25, 0.3) is 0 Å². The van der Waals surface area contributed by atoms with Gasteiger partial charge in [-0.15, -0.1) is 0 Å². The minimum absolute atomic E-state index is 0.0438. The second kappa shape index (κ2) is 11.0. The van der Waals surface area contributed by atoms with Crippen molar-refractivity contribution in [3.63, 3.8) is 0 Å². The number of halogens is 3. The number of anilines is 1. The Balaban J connectivity index is 2.07. The number of para-hydroxylation sites is 1. The van der Waals surface area contributed by atoms with Crippen molar-refractivity contribution in [2.75, 3.05) is 31.6 Å². The van der Waals surface area contributed by atoms with Crippen LogP contribution in [0.3, 0.4) is 0 Å². The van der Waals surface area contributed by atoms with Gasteiger partial charge in [0.15, 0.2) is 6.61 Å². The van der Waals surface area contributed by atoms with Gasteiger partial charge in [0.1, 0.15) is 5.75 Å². The molecule has 0 bridgehead atoms. The van der Waals surface area contributed by atoms with Gasteiger partial charge in [-0.25, -0.2) is 0 Å². The lowest BCUT2D eigenvalue weighted by Crippen LogP contribution is -2.40. The number of ether oxygens (including phenoxy) is 1. The summed E-state index contributed by atoms with van der Waals surface area (Å²) in [4.78, 5) is 27.5. The number of benzene rings is 2. The van der Waals surface area contributed by atoms with Gasteiger partial charge in [-0.3, -0.25) is 14.5 Å². The molecule has 0 aliphatic heterocycles. The molecular weight excluding hydrogens is 423 g/mol. The largest absolute Gasteiger partial charge is 0.484 e. The van der Waals surface area contributed by atoms with E-state index in [-0.39, 0.29) is 31.2 Å². The molecule has 0 aliphatic rings. The summed E-state index contributed by atoms with van der Waals surface area (Å²) in [7, 11) is 1.77. The van der Waals surface area contributed by atoms with Crippen LogP contribution in [-0.2, 0) is 16.1 Å². The third-order valence-electron chi connectivity index (χ3n) is 4.71. The van der Waals surface area contributed by atoms with Gasteiger partial charge in [-0.2, -0.15) is 13.2 Å². The van der Waals surface area contributed by atoms with Crippen LogP contribution in [0.5, 0.6) is 5.75 Å². The van der Waals surface area contributed by atoms with Crippen molar-refractivity contribution >= 4 is 17.5 Å². The Morgan fingerprint density at radius 1 is 1.06 bits per heavy atom. The SMILES string of the molecule is Cc1cc(CN(C)CC(=O)N(CCC(N)=O)c2ccccc2)cc(C)c1OCC(F)(F)F. The number of amides is 2. The minimum Gasteiger partial charge on any atom is -0.484 e. The Bertz CT molecular complexity index is 910. The Kier molecular flexibility index (Phi) is 8.65. The fourth-order valence-electron chi connectivity index (χ4n) is 3.42. The highest BCUT2D eigenvalue weighted by atomic mass is 19.4. The standard InChI is InChI=1S/C23H28F3N3O3/c1-16-11-18(12-17(2)22(16)32-15-23(24,25)26)13-28(3)14-21(31)29(10-9-20(27)30)19-7-5-4-6-8-19/h4-8,11-12H,9-10,13-15H2,1-3H3,(H2,27,30). The van der Waals surface area contributed by atoms with Crippen LogP contribution in [0.4, 0.5) is 18.9 Å². The first-order chi connectivity index (χ1) is 15.0. The summed E-state index contributed by atoms with van der Waals surface area (Å²) < 4.78 is 42.4. The normalized spacial score (nSPS) is 11.5. The van der Waals surface area contributed by atoms with Crippen molar-refractivity contribution in [3.05, 3.63) is 59.2 Å². The summed E-state index contributed by atoms with van der Waals surface area (Å²) in [6.45, 7) is 2.70. The quantitative estimate of drug-likeness (QED) is 0.599. The first kappa shape index (κ1) is 25.2. The van der Waals surface area contributed by atoms with Gasteiger partial charge in [0, 0.05) is 25.2 Å². The van der Waals surface area contributed by atoms with Crippen molar-refractivity contribution in [2.45, 2.75) is 33.0 Å². The molecule has 2 aromatic rings. The van der Waals surface area contributed by atoms with E-state index in [1.165, 1.54) is 4.90 Å². The van der Waals surface area contributed by atoms with E-state index in [1.54, 1.807) is 62.2 Å². The molecule has 2 N–H and O–H groups in total. The molecule has 0 saturated carbocycles. The Morgan fingerprint density at radius 2 is 1.66 bits per heavy atom. The maximum Gasteiger partial charge on any atom is 0.422 e. The first-order valence-electron chi connectivity index (χ1n) is 10.1. The molecule has 174 valence electrons. The second-order valence-electron chi connectivity index (χ2n) is 7.73. The van der Waals surface area contributed by atoms with Gasteiger partial charge in [-0.05, 0) is 49.7 Å². The molecule has 2 aromatic carbocycles. The highest BCUT2D eigenvalue weighted by Crippen LogP contribution is 2.27. The lowest BCUT2D eigenvalue weighted by Gasteiger charge is -2.25. The molecule has 0 atom stereocenters. The number of nitrogens with two attached hydrogens (primary N) is 1. The fourth-order valence-corrected chi connectivity index (χ4v) is 3.42. The van der Waals surface area contributed by atoms with Gasteiger partial charge in [0.2, 0.25) is 11.8 Å². The topological polar surface area (TPSA) is 75.9 Å². The number of likely N-dealkylation sites (N-methyl/N-ethyl adjacent to an activating group) is 1. The van der Waals surface area contributed by atoms with Crippen molar-refractivity contribution in [2.24, 2.45) is 5.73 Å². The third kappa shape index (κ3) is 7.88. The number of rotatable bonds is 10. The molecule has 6 nitrogen and oxygen atoms in total. The molecule has 32 heavy (non-hydrogen) atoms. The first-order valence-corrected chi connectivity index (χ1v) is 10.1. The van der Waals surface area contributed by atoms with Gasteiger partial charge in [-0.1, -0.05) is 30.3 Å². The number of aryl methyl sites for hydroxylation is 2. The summed E-state index contributed by atoms with van der Waals surface area (Å²) >= 11 is 0. The highest BCUT2D eigenvalue weighted by molar-refractivity contribution is 5.95. The van der Waals surface area contributed by atoms with Crippen LogP contribution in [0, 0.1) is 13.8 Å². The van der Waals surface area contributed by atoms with Crippen LogP contribution in [0.2, 0.25) is 0 Å². The van der Waals surface area contributed by atoms with Crippen LogP contribution < -0.4 is 15.4 Å². The van der Waals surface area contributed by atoms with Crippen molar-refractivity contribution in [1.82, 2.24) is 4.90 Å². The van der Waals surface area contributed by atoms with Gasteiger partial charge in [0.05, 0.1) is 6.54 Å². The molecule has 0 aromatic heterocycles. The zero-order valence-corrected chi connectivity index (χ0v) is 18.4. The van der Waals surface area contributed by atoms with E-state index in [4.69, 9.17) is 10.5 Å². The number of nitrogens with zero attached hydrogens (tertiary/aromatic N) is 2. The van der Waals surface area contributed by atoms with E-state index in [0.717, 1.165) is 5.56 Å². The molecule has 0 saturated heterocycles. The predicted octanol–water partition coefficient (Wildman–Crippen LogP) is 3.58. The molecule has 0 aliphatic carbocycles. The molecule has 2 amide bonds. The average Bonchev–Trinajstić information content (AvgIpc) is 2.67.